The van der Waals surface area contributed by atoms with Crippen LogP contribution >= 0.6 is 0 Å². The van der Waals surface area contributed by atoms with Gasteiger partial charge in [-0.05, 0) is 6.07 Å². The van der Waals surface area contributed by atoms with E-state index in [-0.39, 0.29) is 0 Å². The number of methoxy groups -OCH3 is 2. The van der Waals surface area contributed by atoms with Crippen LogP contribution in [0.4, 0.5) is 10.6 Å². The predicted octanol–water partition coefficient (Wildman–Crippen LogP) is 2.40. The van der Waals surface area contributed by atoms with Gasteiger partial charge in [0.1, 0.15) is 17.2 Å². The molecule has 1 fully saturated rings. The van der Waals surface area contributed by atoms with Crippen molar-refractivity contribution >= 4 is 22.8 Å². The third-order valence-electron chi connectivity index (χ3n) is 5.28. The number of urea groups is 1. The molecule has 0 bridgehead atoms. The quantitative estimate of drug-likeness (QED) is 0.683. The molecule has 9 nitrogen and oxygen atoms in total. The van der Waals surface area contributed by atoms with Crippen LogP contribution in [0, 0.1) is 0 Å². The first kappa shape index (κ1) is 19.2. The van der Waals surface area contributed by atoms with Crippen molar-refractivity contribution in [2.75, 3.05) is 32.8 Å². The fourth-order valence-corrected chi connectivity index (χ4v) is 3.68. The van der Waals surface area contributed by atoms with Crippen molar-refractivity contribution in [1.82, 2.24) is 14.5 Å². The molecule has 2 amide bonds. The number of carbonyl (C=O) groups is 1. The molecule has 0 aromatic carbocycles. The lowest BCUT2D eigenvalue weighted by molar-refractivity contribution is -0.0246. The minimum absolute atomic E-state index is 0.373. The van der Waals surface area contributed by atoms with E-state index in [1.807, 2.05) is 29.9 Å². The molecule has 29 heavy (non-hydrogen) atoms. The number of amides is 2. The van der Waals surface area contributed by atoms with Crippen LogP contribution in [0.5, 0.6) is 5.75 Å². The summed E-state index contributed by atoms with van der Waals surface area (Å²) in [4.78, 5) is 20.4. The van der Waals surface area contributed by atoms with Crippen LogP contribution in [0.1, 0.15) is 12.1 Å². The second kappa shape index (κ2) is 7.34. The summed E-state index contributed by atoms with van der Waals surface area (Å²) in [6.45, 7) is 1.05. The molecule has 4 heterocycles. The van der Waals surface area contributed by atoms with Crippen molar-refractivity contribution < 1.29 is 19.0 Å². The number of fused-ring (bicyclic) bond motifs is 1. The molecule has 0 spiro atoms. The zero-order valence-corrected chi connectivity index (χ0v) is 16.6. The molecule has 152 valence electrons. The van der Waals surface area contributed by atoms with Gasteiger partial charge in [-0.15, -0.1) is 0 Å². The highest BCUT2D eigenvalue weighted by atomic mass is 16.5. The molecule has 3 N–H and O–H groups in total. The molecule has 3 aromatic heterocycles. The Bertz CT molecular complexity index is 1070. The van der Waals surface area contributed by atoms with Crippen LogP contribution in [0.15, 0.2) is 30.6 Å². The molecular weight excluding hydrogens is 374 g/mol. The van der Waals surface area contributed by atoms with Crippen LogP contribution in [-0.2, 0) is 22.1 Å². The summed E-state index contributed by atoms with van der Waals surface area (Å²) in [5, 5.41) is 3.40. The lowest BCUT2D eigenvalue weighted by atomic mass is 9.96. The maximum atomic E-state index is 11.2. The summed E-state index contributed by atoms with van der Waals surface area (Å²) in [5.41, 5.74) is 7.88. The zero-order valence-electron chi connectivity index (χ0n) is 16.6. The predicted molar refractivity (Wildman–Crippen MR) is 108 cm³/mol. The first-order valence-electron chi connectivity index (χ1n) is 9.17. The lowest BCUT2D eigenvalue weighted by Crippen LogP contribution is -2.30. The van der Waals surface area contributed by atoms with Gasteiger partial charge in [0.25, 0.3) is 0 Å². The Morgan fingerprint density at radius 3 is 2.83 bits per heavy atom. The molecule has 1 aliphatic heterocycles. The fourth-order valence-electron chi connectivity index (χ4n) is 3.68. The molecule has 3 aromatic rings. The maximum absolute atomic E-state index is 11.2. The number of primary amides is 1. The van der Waals surface area contributed by atoms with Crippen LogP contribution < -0.4 is 15.8 Å². The Hall–Kier alpha value is -3.17. The largest absolute Gasteiger partial charge is 0.497 e. The molecule has 9 heteroatoms. The first-order chi connectivity index (χ1) is 14.0. The van der Waals surface area contributed by atoms with Crippen molar-refractivity contribution in [3.63, 3.8) is 0 Å². The lowest BCUT2D eigenvalue weighted by Gasteiger charge is -2.26. The van der Waals surface area contributed by atoms with Gasteiger partial charge in [-0.1, -0.05) is 0 Å². The van der Waals surface area contributed by atoms with E-state index >= 15 is 0 Å². The van der Waals surface area contributed by atoms with Crippen LogP contribution in [0.2, 0.25) is 0 Å². The standard InChI is InChI=1S/C20H23N5O4/c1-25-10-14(13-8-18(24-19(21)26)22-9-16(13)25)15-6-12(27-2)7-17(23-15)20(28-3)4-5-29-11-20/h6-10H,4-5,11H2,1-3H3,(H3,21,22,24,26)/t20-/m0/s1. The number of anilines is 1. The van der Waals surface area contributed by atoms with Gasteiger partial charge < -0.3 is 24.5 Å². The number of rotatable bonds is 5. The number of carbonyl (C=O) groups excluding carboxylic acids is 1. The summed E-state index contributed by atoms with van der Waals surface area (Å²) in [5.74, 6) is 1.05. The molecular formula is C20H23N5O4. The Kier molecular flexibility index (Phi) is 4.85. The van der Waals surface area contributed by atoms with Gasteiger partial charge in [-0.2, -0.15) is 0 Å². The topological polar surface area (TPSA) is 114 Å². The Balaban J connectivity index is 1.89. The second-order valence-corrected chi connectivity index (χ2v) is 7.01. The number of ether oxygens (including phenoxy) is 3. The van der Waals surface area contributed by atoms with E-state index in [9.17, 15) is 4.79 Å². The molecule has 0 radical (unpaired) electrons. The summed E-state index contributed by atoms with van der Waals surface area (Å²) in [6.07, 6.45) is 4.37. The Labute approximate surface area is 167 Å². The number of hydrogen-bond donors (Lipinski definition) is 2. The Morgan fingerprint density at radius 1 is 1.34 bits per heavy atom. The molecule has 0 unspecified atom stereocenters. The number of nitrogens with zero attached hydrogens (tertiary/aromatic N) is 3. The number of nitrogens with two attached hydrogens (primary N) is 1. The van der Waals surface area contributed by atoms with Crippen LogP contribution in [0.25, 0.3) is 22.2 Å². The summed E-state index contributed by atoms with van der Waals surface area (Å²) < 4.78 is 18.9. The molecule has 0 saturated carbocycles. The van der Waals surface area contributed by atoms with Crippen LogP contribution in [0.3, 0.4) is 0 Å². The van der Waals surface area contributed by atoms with E-state index in [2.05, 4.69) is 10.3 Å². The highest BCUT2D eigenvalue weighted by Gasteiger charge is 2.39. The monoisotopic (exact) mass is 397 g/mol. The van der Waals surface area contributed by atoms with Gasteiger partial charge in [-0.25, -0.2) is 14.8 Å². The number of aryl methyl sites for hydroxylation is 1. The maximum Gasteiger partial charge on any atom is 0.317 e. The van der Waals surface area contributed by atoms with E-state index < -0.39 is 11.6 Å². The number of nitrogens with one attached hydrogen (secondary N) is 1. The van der Waals surface area contributed by atoms with Crippen molar-refractivity contribution in [2.45, 2.75) is 12.0 Å². The van der Waals surface area contributed by atoms with E-state index in [0.717, 1.165) is 34.3 Å². The third-order valence-corrected chi connectivity index (χ3v) is 5.28. The number of pyridine rings is 2. The number of hydrogen-bond acceptors (Lipinski definition) is 6. The highest BCUT2D eigenvalue weighted by molar-refractivity contribution is 5.98. The summed E-state index contributed by atoms with van der Waals surface area (Å²) in [7, 11) is 5.22. The molecule has 1 atom stereocenters. The normalized spacial score (nSPS) is 18.9. The summed E-state index contributed by atoms with van der Waals surface area (Å²) >= 11 is 0. The van der Waals surface area contributed by atoms with E-state index in [4.69, 9.17) is 24.9 Å². The SMILES string of the molecule is COc1cc(-c2cn(C)c3cnc(NC(N)=O)cc23)nc([C@]2(OC)CCOC2)c1. The van der Waals surface area contributed by atoms with Gasteiger partial charge in [0.2, 0.25) is 0 Å². The van der Waals surface area contributed by atoms with Crippen molar-refractivity contribution in [3.05, 3.63) is 36.3 Å². The fraction of sp³-hybridized carbons (Fsp3) is 0.350. The smallest absolute Gasteiger partial charge is 0.317 e. The number of aromatic nitrogens is 3. The van der Waals surface area contributed by atoms with Gasteiger partial charge in [0.05, 0.1) is 36.8 Å². The minimum Gasteiger partial charge on any atom is -0.497 e. The van der Waals surface area contributed by atoms with Gasteiger partial charge >= 0.3 is 6.03 Å². The van der Waals surface area contributed by atoms with Gasteiger partial charge in [-0.3, -0.25) is 5.32 Å². The van der Waals surface area contributed by atoms with Crippen molar-refractivity contribution in [2.24, 2.45) is 12.8 Å². The van der Waals surface area contributed by atoms with Gasteiger partial charge in [0.15, 0.2) is 0 Å². The molecule has 0 aliphatic carbocycles. The Morgan fingerprint density at radius 2 is 2.17 bits per heavy atom. The van der Waals surface area contributed by atoms with Gasteiger partial charge in [0, 0.05) is 56.5 Å². The third kappa shape index (κ3) is 3.39. The second-order valence-electron chi connectivity index (χ2n) is 7.01. The average Bonchev–Trinajstić information content (AvgIpc) is 3.33. The average molecular weight is 397 g/mol. The molecule has 4 rings (SSSR count). The first-order valence-corrected chi connectivity index (χ1v) is 9.17. The molecule has 1 aliphatic rings. The van der Waals surface area contributed by atoms with Crippen LogP contribution in [-0.4, -0.2) is 48.0 Å². The van der Waals surface area contributed by atoms with E-state index in [0.29, 0.717) is 24.8 Å². The highest BCUT2D eigenvalue weighted by Crippen LogP contribution is 2.38. The zero-order chi connectivity index (χ0) is 20.6. The molecule has 1 saturated heterocycles. The van der Waals surface area contributed by atoms with Crippen molar-refractivity contribution in [3.8, 4) is 17.0 Å². The van der Waals surface area contributed by atoms with E-state index in [1.165, 1.54) is 0 Å². The summed E-state index contributed by atoms with van der Waals surface area (Å²) in [6, 6.07) is 4.87. The minimum atomic E-state index is -0.667. The van der Waals surface area contributed by atoms with E-state index in [1.54, 1.807) is 26.5 Å². The van der Waals surface area contributed by atoms with Crippen molar-refractivity contribution in [1.29, 1.82) is 0 Å².